The quantitative estimate of drug-likeness (QED) is 0.309. The highest BCUT2D eigenvalue weighted by Crippen LogP contribution is 2.42. The van der Waals surface area contributed by atoms with Crippen molar-refractivity contribution in [3.63, 3.8) is 0 Å². The number of hydrogen-bond acceptors (Lipinski definition) is 6. The van der Waals surface area contributed by atoms with Crippen molar-refractivity contribution < 1.29 is 13.5 Å². The van der Waals surface area contributed by atoms with Gasteiger partial charge in [0.25, 0.3) is 0 Å². The van der Waals surface area contributed by atoms with E-state index in [1.165, 1.54) is 43.4 Å². The Kier molecular flexibility index (Phi) is 10.0. The van der Waals surface area contributed by atoms with Crippen LogP contribution in [0.2, 0.25) is 0 Å². The molecule has 3 rings (SSSR count). The molecule has 0 amide bonds. The van der Waals surface area contributed by atoms with Gasteiger partial charge in [-0.15, -0.1) is 35.3 Å². The summed E-state index contributed by atoms with van der Waals surface area (Å²) in [6.45, 7) is 4.78. The van der Waals surface area contributed by atoms with Gasteiger partial charge in [-0.2, -0.15) is 11.8 Å². The molecule has 1 spiro atoms. The highest BCUT2D eigenvalue weighted by Gasteiger charge is 2.38. The molecule has 0 radical (unpaired) electrons. The molecule has 0 aromatic carbocycles. The van der Waals surface area contributed by atoms with E-state index in [1.54, 1.807) is 17.5 Å². The number of halogens is 1. The number of hydrogen-bond donors (Lipinski definition) is 2. The summed E-state index contributed by atoms with van der Waals surface area (Å²) in [5.74, 6) is 1.58. The van der Waals surface area contributed by atoms with E-state index in [1.807, 2.05) is 6.92 Å². The Balaban J connectivity index is 0.00000300. The molecule has 2 heterocycles. The summed E-state index contributed by atoms with van der Waals surface area (Å²) >= 11 is 3.29. The van der Waals surface area contributed by atoms with Crippen LogP contribution in [-0.4, -0.2) is 72.9 Å². The van der Waals surface area contributed by atoms with E-state index >= 15 is 0 Å². The Morgan fingerprint density at radius 1 is 1.38 bits per heavy atom. The second-order valence-electron chi connectivity index (χ2n) is 7.58. The normalized spacial score (nSPS) is 20.9. The molecule has 2 fully saturated rings. The molecule has 2 N–H and O–H groups in total. The van der Waals surface area contributed by atoms with Crippen molar-refractivity contribution in [1.82, 2.24) is 10.2 Å². The van der Waals surface area contributed by atoms with Gasteiger partial charge in [-0.05, 0) is 31.2 Å². The van der Waals surface area contributed by atoms with Gasteiger partial charge in [-0.25, -0.2) is 8.42 Å². The van der Waals surface area contributed by atoms with Crippen molar-refractivity contribution in [1.29, 1.82) is 0 Å². The average molecular weight is 574 g/mol. The first kappa shape index (κ1) is 25.2. The molecule has 29 heavy (non-hydrogen) atoms. The minimum atomic E-state index is -3.46. The van der Waals surface area contributed by atoms with Crippen molar-refractivity contribution in [2.75, 3.05) is 37.7 Å². The summed E-state index contributed by atoms with van der Waals surface area (Å²) in [5.41, 5.74) is 0. The van der Waals surface area contributed by atoms with E-state index < -0.39 is 15.9 Å². The Labute approximate surface area is 199 Å². The zero-order valence-electron chi connectivity index (χ0n) is 16.9. The number of aliphatic hydroxyl groups excluding tert-OH is 1. The third-order valence-corrected chi connectivity index (χ3v) is 10.1. The number of thiophene rings is 1. The molecule has 1 aliphatic carbocycles. The van der Waals surface area contributed by atoms with Crippen LogP contribution in [0.4, 0.5) is 0 Å². The van der Waals surface area contributed by atoms with Crippen molar-refractivity contribution in [3.05, 3.63) is 17.5 Å². The van der Waals surface area contributed by atoms with Crippen LogP contribution in [0.25, 0.3) is 0 Å². The van der Waals surface area contributed by atoms with Crippen LogP contribution in [-0.2, 0) is 9.84 Å². The molecule has 0 bridgehead atoms. The molecule has 1 aliphatic heterocycles. The first-order valence-electron chi connectivity index (χ1n) is 10.1. The molecule has 2 aliphatic rings. The van der Waals surface area contributed by atoms with Crippen LogP contribution in [0.1, 0.15) is 39.0 Å². The molecular formula is C19H32IN3O3S3. The fourth-order valence-electron chi connectivity index (χ4n) is 3.97. The molecular weight excluding hydrogens is 541 g/mol. The van der Waals surface area contributed by atoms with Gasteiger partial charge < -0.3 is 15.3 Å². The van der Waals surface area contributed by atoms with Gasteiger partial charge >= 0.3 is 0 Å². The molecule has 1 atom stereocenters. The number of rotatable bonds is 6. The van der Waals surface area contributed by atoms with E-state index in [0.717, 1.165) is 31.3 Å². The average Bonchev–Trinajstić information content (AvgIpc) is 3.21. The zero-order valence-corrected chi connectivity index (χ0v) is 21.7. The molecule has 166 valence electrons. The minimum Gasteiger partial charge on any atom is -0.390 e. The van der Waals surface area contributed by atoms with E-state index in [4.69, 9.17) is 0 Å². The molecule has 1 saturated heterocycles. The van der Waals surface area contributed by atoms with Crippen LogP contribution < -0.4 is 5.32 Å². The number of guanidine groups is 1. The van der Waals surface area contributed by atoms with Gasteiger partial charge in [0, 0.05) is 30.1 Å². The monoisotopic (exact) mass is 573 g/mol. The van der Waals surface area contributed by atoms with Crippen LogP contribution in [0, 0.1) is 0 Å². The first-order valence-corrected chi connectivity index (χ1v) is 13.6. The second kappa shape index (κ2) is 11.5. The molecule has 10 heteroatoms. The lowest BCUT2D eigenvalue weighted by molar-refractivity contribution is 0.205. The lowest BCUT2D eigenvalue weighted by Crippen LogP contribution is -2.53. The van der Waals surface area contributed by atoms with Crippen molar-refractivity contribution >= 4 is 62.9 Å². The SMILES string of the molecule is CCNC(=NCC(O)CS(=O)(=O)c1cccs1)N1CCSC2(CCCCC2)C1.I. The number of nitrogens with zero attached hydrogens (tertiary/aromatic N) is 2. The van der Waals surface area contributed by atoms with Gasteiger partial charge in [0.05, 0.1) is 18.4 Å². The molecule has 1 unspecified atom stereocenters. The van der Waals surface area contributed by atoms with E-state index in [2.05, 4.69) is 27.0 Å². The maximum atomic E-state index is 12.4. The minimum absolute atomic E-state index is 0. The number of thioether (sulfide) groups is 1. The summed E-state index contributed by atoms with van der Waals surface area (Å²) in [6, 6.07) is 3.29. The Hall–Kier alpha value is -0.0400. The topological polar surface area (TPSA) is 82.0 Å². The molecule has 1 aromatic rings. The van der Waals surface area contributed by atoms with E-state index in [0.29, 0.717) is 8.96 Å². The molecule has 1 aromatic heterocycles. The van der Waals surface area contributed by atoms with E-state index in [9.17, 15) is 13.5 Å². The first-order chi connectivity index (χ1) is 13.4. The number of sulfone groups is 1. The van der Waals surface area contributed by atoms with Crippen LogP contribution >= 0.6 is 47.1 Å². The number of aliphatic imine (C=N–C) groups is 1. The van der Waals surface area contributed by atoms with Crippen LogP contribution in [0.5, 0.6) is 0 Å². The lowest BCUT2D eigenvalue weighted by Gasteiger charge is -2.45. The standard InChI is InChI=1S/C19H31N3O3S3.HI/c1-2-20-18(22-10-12-27-19(15-22)8-4-3-5-9-19)21-13-16(23)14-28(24,25)17-7-6-11-26-17;/h6-7,11,16,23H,2-5,8-10,12-15H2,1H3,(H,20,21);1H. The highest BCUT2D eigenvalue weighted by atomic mass is 127. The van der Waals surface area contributed by atoms with Gasteiger partial charge in [0.1, 0.15) is 4.21 Å². The Morgan fingerprint density at radius 2 is 2.14 bits per heavy atom. The number of nitrogens with one attached hydrogen (secondary N) is 1. The fraction of sp³-hybridized carbons (Fsp3) is 0.737. The van der Waals surface area contributed by atoms with Crippen LogP contribution in [0.15, 0.2) is 26.7 Å². The highest BCUT2D eigenvalue weighted by molar-refractivity contribution is 14.0. The predicted octanol–water partition coefficient (Wildman–Crippen LogP) is 3.22. The van der Waals surface area contributed by atoms with Gasteiger partial charge in [0.2, 0.25) is 0 Å². The Bertz CT molecular complexity index is 744. The summed E-state index contributed by atoms with van der Waals surface area (Å²) in [4.78, 5) is 6.89. The smallest absolute Gasteiger partial charge is 0.194 e. The van der Waals surface area contributed by atoms with Gasteiger partial charge in [-0.3, -0.25) is 4.99 Å². The maximum absolute atomic E-state index is 12.4. The summed E-state index contributed by atoms with van der Waals surface area (Å²) < 4.78 is 25.3. The summed E-state index contributed by atoms with van der Waals surface area (Å²) in [7, 11) is -3.46. The van der Waals surface area contributed by atoms with Crippen molar-refractivity contribution in [2.24, 2.45) is 4.99 Å². The largest absolute Gasteiger partial charge is 0.390 e. The summed E-state index contributed by atoms with van der Waals surface area (Å²) in [5, 5.41) is 15.4. The molecule has 6 nitrogen and oxygen atoms in total. The second-order valence-corrected chi connectivity index (χ2v) is 12.3. The lowest BCUT2D eigenvalue weighted by atomic mass is 9.87. The third-order valence-electron chi connectivity index (χ3n) is 5.31. The van der Waals surface area contributed by atoms with Gasteiger partial charge in [0.15, 0.2) is 15.8 Å². The maximum Gasteiger partial charge on any atom is 0.194 e. The zero-order chi connectivity index (χ0) is 20.0. The van der Waals surface area contributed by atoms with Gasteiger partial charge in [-0.1, -0.05) is 25.3 Å². The van der Waals surface area contributed by atoms with Crippen LogP contribution in [0.3, 0.4) is 0 Å². The Morgan fingerprint density at radius 3 is 2.79 bits per heavy atom. The third kappa shape index (κ3) is 6.98. The molecule has 1 saturated carbocycles. The van der Waals surface area contributed by atoms with E-state index in [-0.39, 0.29) is 36.3 Å². The van der Waals surface area contributed by atoms with Crippen molar-refractivity contribution in [3.8, 4) is 0 Å². The summed E-state index contributed by atoms with van der Waals surface area (Å²) in [6.07, 6.45) is 5.44. The number of aliphatic hydroxyl groups is 1. The predicted molar refractivity (Wildman–Crippen MR) is 134 cm³/mol. The fourth-order valence-corrected chi connectivity index (χ4v) is 8.01. The van der Waals surface area contributed by atoms with Crippen molar-refractivity contribution in [2.45, 2.75) is 54.1 Å².